The SMILES string of the molecule is CCN1CCC(NC/C(=C/c2ccc(C(=O)OC)cc2)COc2cccc3ccccc23)CC1. The molecular formula is C29H34N2O3. The lowest BCUT2D eigenvalue weighted by Gasteiger charge is -2.31. The molecule has 0 bridgehead atoms. The van der Waals surface area contributed by atoms with E-state index >= 15 is 0 Å². The normalized spacial score (nSPS) is 15.4. The van der Waals surface area contributed by atoms with Crippen LogP contribution in [0.5, 0.6) is 5.75 Å². The van der Waals surface area contributed by atoms with Crippen molar-refractivity contribution in [3.05, 3.63) is 83.4 Å². The lowest BCUT2D eigenvalue weighted by molar-refractivity contribution is 0.0600. The molecule has 1 fully saturated rings. The molecule has 178 valence electrons. The molecule has 34 heavy (non-hydrogen) atoms. The van der Waals surface area contributed by atoms with E-state index in [1.807, 2.05) is 36.4 Å². The number of ether oxygens (including phenoxy) is 2. The number of fused-ring (bicyclic) bond motifs is 1. The summed E-state index contributed by atoms with van der Waals surface area (Å²) in [5.41, 5.74) is 2.75. The maximum Gasteiger partial charge on any atom is 0.337 e. The summed E-state index contributed by atoms with van der Waals surface area (Å²) in [4.78, 5) is 14.3. The summed E-state index contributed by atoms with van der Waals surface area (Å²) >= 11 is 0. The molecule has 1 N–H and O–H groups in total. The molecule has 0 aromatic heterocycles. The van der Waals surface area contributed by atoms with Crippen LogP contribution in [-0.2, 0) is 4.74 Å². The van der Waals surface area contributed by atoms with Crippen LogP contribution < -0.4 is 10.1 Å². The molecule has 1 saturated heterocycles. The van der Waals surface area contributed by atoms with Crippen LogP contribution in [0.3, 0.4) is 0 Å². The smallest absolute Gasteiger partial charge is 0.337 e. The van der Waals surface area contributed by atoms with Gasteiger partial charge >= 0.3 is 5.97 Å². The minimum atomic E-state index is -0.324. The maximum atomic E-state index is 11.8. The number of carbonyl (C=O) groups excluding carboxylic acids is 1. The van der Waals surface area contributed by atoms with Gasteiger partial charge in [0.05, 0.1) is 12.7 Å². The van der Waals surface area contributed by atoms with Crippen molar-refractivity contribution in [3.8, 4) is 5.75 Å². The topological polar surface area (TPSA) is 50.8 Å². The lowest BCUT2D eigenvalue weighted by atomic mass is 10.0. The molecule has 0 radical (unpaired) electrons. The van der Waals surface area contributed by atoms with Crippen molar-refractivity contribution in [2.24, 2.45) is 0 Å². The van der Waals surface area contributed by atoms with Crippen LogP contribution in [0.15, 0.2) is 72.3 Å². The zero-order chi connectivity index (χ0) is 23.8. The Bertz CT molecular complexity index is 1110. The van der Waals surface area contributed by atoms with Crippen LogP contribution in [0.4, 0.5) is 0 Å². The van der Waals surface area contributed by atoms with Gasteiger partial charge in [0.25, 0.3) is 0 Å². The minimum Gasteiger partial charge on any atom is -0.489 e. The Labute approximate surface area is 202 Å². The lowest BCUT2D eigenvalue weighted by Crippen LogP contribution is -2.43. The third-order valence-electron chi connectivity index (χ3n) is 6.52. The Balaban J connectivity index is 1.48. The number of nitrogens with zero attached hydrogens (tertiary/aromatic N) is 1. The third-order valence-corrected chi connectivity index (χ3v) is 6.52. The number of piperidine rings is 1. The van der Waals surface area contributed by atoms with E-state index in [4.69, 9.17) is 9.47 Å². The summed E-state index contributed by atoms with van der Waals surface area (Å²) in [6, 6.07) is 22.5. The molecule has 4 rings (SSSR count). The molecule has 1 aliphatic heterocycles. The number of likely N-dealkylation sites (tertiary alicyclic amines) is 1. The molecule has 3 aromatic carbocycles. The number of hydrogen-bond acceptors (Lipinski definition) is 5. The van der Waals surface area contributed by atoms with Gasteiger partial charge in [-0.25, -0.2) is 4.79 Å². The van der Waals surface area contributed by atoms with E-state index in [2.05, 4.69) is 41.4 Å². The molecule has 0 saturated carbocycles. The van der Waals surface area contributed by atoms with Crippen molar-refractivity contribution in [2.75, 3.05) is 39.9 Å². The van der Waals surface area contributed by atoms with E-state index in [-0.39, 0.29) is 5.97 Å². The molecule has 0 atom stereocenters. The van der Waals surface area contributed by atoms with Gasteiger partial charge < -0.3 is 19.7 Å². The number of rotatable bonds is 9. The molecular weight excluding hydrogens is 424 g/mol. The first-order valence-corrected chi connectivity index (χ1v) is 12.1. The zero-order valence-corrected chi connectivity index (χ0v) is 20.1. The number of methoxy groups -OCH3 is 1. The van der Waals surface area contributed by atoms with E-state index in [1.165, 1.54) is 25.3 Å². The Morgan fingerprint density at radius 1 is 1.03 bits per heavy atom. The van der Waals surface area contributed by atoms with Gasteiger partial charge in [-0.2, -0.15) is 0 Å². The summed E-state index contributed by atoms with van der Waals surface area (Å²) in [6.45, 7) is 6.90. The Morgan fingerprint density at radius 3 is 2.50 bits per heavy atom. The second-order valence-electron chi connectivity index (χ2n) is 8.77. The molecule has 0 unspecified atom stereocenters. The summed E-state index contributed by atoms with van der Waals surface area (Å²) in [5.74, 6) is 0.566. The summed E-state index contributed by atoms with van der Waals surface area (Å²) in [6.07, 6.45) is 4.48. The predicted molar refractivity (Wildman–Crippen MR) is 138 cm³/mol. The maximum absolute atomic E-state index is 11.8. The van der Waals surface area contributed by atoms with Crippen LogP contribution in [0, 0.1) is 0 Å². The van der Waals surface area contributed by atoms with Crippen molar-refractivity contribution in [3.63, 3.8) is 0 Å². The van der Waals surface area contributed by atoms with Gasteiger partial charge in [0.15, 0.2) is 0 Å². The highest BCUT2D eigenvalue weighted by Gasteiger charge is 2.18. The van der Waals surface area contributed by atoms with Gasteiger partial charge in [-0.1, -0.05) is 61.5 Å². The standard InChI is InChI=1S/C29H34N2O3/c1-3-31-17-15-26(16-18-31)30-20-23(19-22-11-13-25(14-12-22)29(32)33-2)21-34-28-10-6-8-24-7-4-5-9-27(24)28/h4-14,19,26,30H,3,15-18,20-21H2,1-2H3/b23-19-. The van der Waals surface area contributed by atoms with Crippen LogP contribution in [0.25, 0.3) is 16.8 Å². The first kappa shape index (κ1) is 24.0. The quantitative estimate of drug-likeness (QED) is 0.449. The van der Waals surface area contributed by atoms with Gasteiger partial charge in [0.2, 0.25) is 0 Å². The van der Waals surface area contributed by atoms with Gasteiger partial charge in [0, 0.05) is 18.0 Å². The van der Waals surface area contributed by atoms with Crippen LogP contribution >= 0.6 is 0 Å². The average Bonchev–Trinajstić information content (AvgIpc) is 2.90. The fourth-order valence-corrected chi connectivity index (χ4v) is 4.43. The van der Waals surface area contributed by atoms with Gasteiger partial charge in [-0.15, -0.1) is 0 Å². The largest absolute Gasteiger partial charge is 0.489 e. The highest BCUT2D eigenvalue weighted by molar-refractivity contribution is 5.89. The third kappa shape index (κ3) is 6.25. The number of esters is 1. The zero-order valence-electron chi connectivity index (χ0n) is 20.1. The second-order valence-corrected chi connectivity index (χ2v) is 8.77. The number of hydrogen-bond donors (Lipinski definition) is 1. The van der Waals surface area contributed by atoms with Crippen molar-refractivity contribution < 1.29 is 14.3 Å². The summed E-state index contributed by atoms with van der Waals surface area (Å²) in [7, 11) is 1.40. The summed E-state index contributed by atoms with van der Waals surface area (Å²) in [5, 5.41) is 6.04. The summed E-state index contributed by atoms with van der Waals surface area (Å²) < 4.78 is 11.1. The molecule has 3 aromatic rings. The van der Waals surface area contributed by atoms with Crippen molar-refractivity contribution in [1.29, 1.82) is 0 Å². The number of benzene rings is 3. The Morgan fingerprint density at radius 2 is 1.76 bits per heavy atom. The molecule has 5 heteroatoms. The molecule has 5 nitrogen and oxygen atoms in total. The van der Waals surface area contributed by atoms with Crippen molar-refractivity contribution in [1.82, 2.24) is 10.2 Å². The molecule has 1 aliphatic rings. The molecule has 1 heterocycles. The number of nitrogens with one attached hydrogen (secondary N) is 1. The van der Waals surface area contributed by atoms with Gasteiger partial charge in [-0.05, 0) is 67.2 Å². The number of carbonyl (C=O) groups is 1. The van der Waals surface area contributed by atoms with Gasteiger partial charge in [0.1, 0.15) is 12.4 Å². The van der Waals surface area contributed by atoms with E-state index in [0.29, 0.717) is 18.2 Å². The van der Waals surface area contributed by atoms with Crippen molar-refractivity contribution in [2.45, 2.75) is 25.8 Å². The Kier molecular flexibility index (Phi) is 8.34. The fraction of sp³-hybridized carbons (Fsp3) is 0.345. The highest BCUT2D eigenvalue weighted by atomic mass is 16.5. The van der Waals surface area contributed by atoms with Gasteiger partial charge in [-0.3, -0.25) is 0 Å². The second kappa shape index (κ2) is 11.8. The molecule has 0 spiro atoms. The highest BCUT2D eigenvalue weighted by Crippen LogP contribution is 2.25. The minimum absolute atomic E-state index is 0.324. The first-order chi connectivity index (χ1) is 16.7. The Hall–Kier alpha value is -3.15. The van der Waals surface area contributed by atoms with E-state index in [1.54, 1.807) is 12.1 Å². The molecule has 0 aliphatic carbocycles. The van der Waals surface area contributed by atoms with E-state index in [9.17, 15) is 4.79 Å². The fourth-order valence-electron chi connectivity index (χ4n) is 4.43. The average molecular weight is 459 g/mol. The van der Waals surface area contributed by atoms with Crippen LogP contribution in [0.2, 0.25) is 0 Å². The predicted octanol–water partition coefficient (Wildman–Crippen LogP) is 5.16. The first-order valence-electron chi connectivity index (χ1n) is 12.1. The van der Waals surface area contributed by atoms with Crippen LogP contribution in [0.1, 0.15) is 35.7 Å². The monoisotopic (exact) mass is 458 g/mol. The van der Waals surface area contributed by atoms with E-state index < -0.39 is 0 Å². The van der Waals surface area contributed by atoms with Crippen molar-refractivity contribution >= 4 is 22.8 Å². The molecule has 0 amide bonds. The van der Waals surface area contributed by atoms with Crippen LogP contribution in [-0.4, -0.2) is 56.8 Å². The van der Waals surface area contributed by atoms with E-state index in [0.717, 1.165) is 48.5 Å².